The molecule has 0 aliphatic heterocycles. The number of alkyl halides is 3. The number of halogens is 4. The van der Waals surface area contributed by atoms with E-state index in [9.17, 15) is 13.2 Å². The lowest BCUT2D eigenvalue weighted by atomic mass is 10.2. The highest BCUT2D eigenvalue weighted by Crippen LogP contribution is 2.38. The van der Waals surface area contributed by atoms with Crippen molar-refractivity contribution in [2.75, 3.05) is 5.32 Å². The van der Waals surface area contributed by atoms with Crippen LogP contribution in [-0.4, -0.2) is 21.0 Å². The summed E-state index contributed by atoms with van der Waals surface area (Å²) in [5.41, 5.74) is -0.678. The summed E-state index contributed by atoms with van der Waals surface area (Å²) in [5.74, 6) is 0.153. The molecule has 0 unspecified atom stereocenters. The van der Waals surface area contributed by atoms with E-state index in [-0.39, 0.29) is 28.2 Å². The Morgan fingerprint density at radius 2 is 1.95 bits per heavy atom. The van der Waals surface area contributed by atoms with Crippen LogP contribution in [0.4, 0.5) is 19.0 Å². The molecule has 0 bridgehead atoms. The van der Waals surface area contributed by atoms with Crippen LogP contribution in [0.25, 0.3) is 11.0 Å². The summed E-state index contributed by atoms with van der Waals surface area (Å²) >= 11 is 5.77. The zero-order valence-corrected chi connectivity index (χ0v) is 11.1. The fourth-order valence-corrected chi connectivity index (χ4v) is 2.77. The number of hydrogen-bond acceptors (Lipinski definition) is 3. The minimum Gasteiger partial charge on any atom is -0.367 e. The number of aromatic nitrogens is 3. The topological polar surface area (TPSA) is 53.6 Å². The van der Waals surface area contributed by atoms with Gasteiger partial charge in [-0.25, -0.2) is 4.98 Å². The van der Waals surface area contributed by atoms with Crippen molar-refractivity contribution >= 4 is 28.5 Å². The average Bonchev–Trinajstić information content (AvgIpc) is 2.95. The van der Waals surface area contributed by atoms with Crippen molar-refractivity contribution in [2.45, 2.75) is 37.9 Å². The molecule has 1 aliphatic rings. The number of anilines is 1. The van der Waals surface area contributed by atoms with Gasteiger partial charge < -0.3 is 10.3 Å². The Morgan fingerprint density at radius 3 is 2.60 bits per heavy atom. The number of fused-ring (bicyclic) bond motifs is 1. The lowest BCUT2D eigenvalue weighted by Crippen LogP contribution is -2.17. The van der Waals surface area contributed by atoms with Crippen LogP contribution < -0.4 is 5.32 Å². The second-order valence-corrected chi connectivity index (χ2v) is 5.23. The van der Waals surface area contributed by atoms with Gasteiger partial charge in [-0.15, -0.1) is 0 Å². The Hall–Kier alpha value is -1.50. The van der Waals surface area contributed by atoms with Gasteiger partial charge in [0.2, 0.25) is 5.28 Å². The number of rotatable bonds is 2. The molecule has 108 valence electrons. The molecule has 0 radical (unpaired) electrons. The lowest BCUT2D eigenvalue weighted by Gasteiger charge is -2.14. The molecule has 1 fully saturated rings. The minimum atomic E-state index is -4.46. The van der Waals surface area contributed by atoms with E-state index < -0.39 is 11.7 Å². The molecule has 0 aromatic carbocycles. The van der Waals surface area contributed by atoms with Gasteiger partial charge in [0, 0.05) is 12.2 Å². The third-order valence-electron chi connectivity index (χ3n) is 3.51. The zero-order valence-electron chi connectivity index (χ0n) is 10.4. The molecule has 0 atom stereocenters. The van der Waals surface area contributed by atoms with Crippen LogP contribution in [0, 0.1) is 0 Å². The first-order valence-electron chi connectivity index (χ1n) is 6.33. The van der Waals surface area contributed by atoms with Crippen molar-refractivity contribution in [1.29, 1.82) is 0 Å². The van der Waals surface area contributed by atoms with Crippen LogP contribution >= 0.6 is 11.6 Å². The first-order chi connectivity index (χ1) is 9.45. The summed E-state index contributed by atoms with van der Waals surface area (Å²) < 4.78 is 39.0. The predicted molar refractivity (Wildman–Crippen MR) is 69.8 cm³/mol. The lowest BCUT2D eigenvalue weighted by molar-refractivity contribution is -0.136. The molecule has 2 aromatic rings. The van der Waals surface area contributed by atoms with E-state index in [4.69, 9.17) is 11.6 Å². The molecule has 0 amide bonds. The maximum atomic E-state index is 13.0. The van der Waals surface area contributed by atoms with Crippen molar-refractivity contribution < 1.29 is 13.2 Å². The van der Waals surface area contributed by atoms with Crippen molar-refractivity contribution in [3.63, 3.8) is 0 Å². The monoisotopic (exact) mass is 304 g/mol. The maximum Gasteiger partial charge on any atom is 0.418 e. The maximum absolute atomic E-state index is 13.0. The largest absolute Gasteiger partial charge is 0.418 e. The van der Waals surface area contributed by atoms with E-state index in [1.807, 2.05) is 0 Å². The molecule has 1 aliphatic carbocycles. The second kappa shape index (κ2) is 4.80. The second-order valence-electron chi connectivity index (χ2n) is 4.89. The quantitative estimate of drug-likeness (QED) is 0.825. The summed E-state index contributed by atoms with van der Waals surface area (Å²) in [5, 5.41) is 2.94. The molecule has 2 heterocycles. The van der Waals surface area contributed by atoms with Gasteiger partial charge in [0.15, 0.2) is 0 Å². The predicted octanol–water partition coefficient (Wildman–Crippen LogP) is 3.98. The highest BCUT2D eigenvalue weighted by Gasteiger charge is 2.35. The summed E-state index contributed by atoms with van der Waals surface area (Å²) in [7, 11) is 0. The number of H-pyrrole nitrogens is 1. The third-order valence-corrected chi connectivity index (χ3v) is 3.67. The Kier molecular flexibility index (Phi) is 3.24. The SMILES string of the molecule is FC(F)(F)c1c[nH]c2nc(Cl)nc(NC3CCCC3)c12. The Labute approximate surface area is 117 Å². The molecule has 0 saturated heterocycles. The fourth-order valence-electron chi connectivity index (χ4n) is 2.60. The van der Waals surface area contributed by atoms with Gasteiger partial charge in [-0.1, -0.05) is 12.8 Å². The Balaban J connectivity index is 2.10. The molecular formula is C12H12ClF3N4. The smallest absolute Gasteiger partial charge is 0.367 e. The van der Waals surface area contributed by atoms with E-state index in [2.05, 4.69) is 20.3 Å². The van der Waals surface area contributed by atoms with Crippen molar-refractivity contribution in [2.24, 2.45) is 0 Å². The molecule has 20 heavy (non-hydrogen) atoms. The van der Waals surface area contributed by atoms with Gasteiger partial charge in [0.1, 0.15) is 11.5 Å². The van der Waals surface area contributed by atoms with Crippen LogP contribution in [-0.2, 0) is 6.18 Å². The van der Waals surface area contributed by atoms with Crippen LogP contribution in [0.5, 0.6) is 0 Å². The molecular weight excluding hydrogens is 293 g/mol. The minimum absolute atomic E-state index is 0.0474. The highest BCUT2D eigenvalue weighted by atomic mass is 35.5. The Bertz CT molecular complexity index is 631. The normalized spacial score (nSPS) is 17.0. The van der Waals surface area contributed by atoms with Crippen molar-refractivity contribution in [3.8, 4) is 0 Å². The zero-order chi connectivity index (χ0) is 14.3. The van der Waals surface area contributed by atoms with Gasteiger partial charge in [-0.3, -0.25) is 0 Å². The number of nitrogens with one attached hydrogen (secondary N) is 2. The molecule has 3 rings (SSSR count). The fraction of sp³-hybridized carbons (Fsp3) is 0.500. The van der Waals surface area contributed by atoms with Crippen LogP contribution in [0.2, 0.25) is 5.28 Å². The molecule has 4 nitrogen and oxygen atoms in total. The van der Waals surface area contributed by atoms with E-state index in [1.165, 1.54) is 0 Å². The van der Waals surface area contributed by atoms with Crippen molar-refractivity contribution in [1.82, 2.24) is 15.0 Å². The standard InChI is InChI=1S/C12H12ClF3N4/c13-11-19-9-8(7(5-17-9)12(14,15)16)10(20-11)18-6-3-1-2-4-6/h5-6H,1-4H2,(H2,17,18,19,20). The molecule has 1 saturated carbocycles. The number of aromatic amines is 1. The molecule has 0 spiro atoms. The average molecular weight is 305 g/mol. The number of hydrogen-bond donors (Lipinski definition) is 2. The van der Waals surface area contributed by atoms with E-state index in [0.29, 0.717) is 0 Å². The number of nitrogens with zero attached hydrogens (tertiary/aromatic N) is 2. The van der Waals surface area contributed by atoms with Crippen molar-refractivity contribution in [3.05, 3.63) is 17.0 Å². The van der Waals surface area contributed by atoms with E-state index >= 15 is 0 Å². The Morgan fingerprint density at radius 1 is 1.25 bits per heavy atom. The highest BCUT2D eigenvalue weighted by molar-refractivity contribution is 6.28. The van der Waals surface area contributed by atoms with E-state index in [1.54, 1.807) is 0 Å². The first kappa shape index (κ1) is 13.5. The summed E-state index contributed by atoms with van der Waals surface area (Å²) in [4.78, 5) is 10.2. The van der Waals surface area contributed by atoms with Gasteiger partial charge >= 0.3 is 6.18 Å². The van der Waals surface area contributed by atoms with Crippen LogP contribution in [0.3, 0.4) is 0 Å². The molecule has 8 heteroatoms. The van der Waals surface area contributed by atoms with Crippen LogP contribution in [0.15, 0.2) is 6.20 Å². The van der Waals surface area contributed by atoms with Gasteiger partial charge in [-0.05, 0) is 24.4 Å². The summed E-state index contributed by atoms with van der Waals surface area (Å²) in [6, 6.07) is 0.139. The van der Waals surface area contributed by atoms with Gasteiger partial charge in [-0.2, -0.15) is 18.2 Å². The molecule has 2 N–H and O–H groups in total. The van der Waals surface area contributed by atoms with Crippen LogP contribution in [0.1, 0.15) is 31.2 Å². The van der Waals surface area contributed by atoms with Gasteiger partial charge in [0.25, 0.3) is 0 Å². The van der Waals surface area contributed by atoms with E-state index in [0.717, 1.165) is 31.9 Å². The van der Waals surface area contributed by atoms with Gasteiger partial charge in [0.05, 0.1) is 10.9 Å². The summed E-state index contributed by atoms with van der Waals surface area (Å²) in [6.07, 6.45) is 0.429. The molecule has 2 aromatic heterocycles. The summed E-state index contributed by atoms with van der Waals surface area (Å²) in [6.45, 7) is 0. The third kappa shape index (κ3) is 2.42. The first-order valence-corrected chi connectivity index (χ1v) is 6.71.